The number of fused-ring (bicyclic) bond motifs is 1. The maximum Gasteiger partial charge on any atom is 0.0743 e. The van der Waals surface area contributed by atoms with Crippen LogP contribution >= 0.6 is 0 Å². The van der Waals surface area contributed by atoms with Crippen LogP contribution in [0, 0.1) is 5.92 Å². The van der Waals surface area contributed by atoms with Crippen LogP contribution in [-0.2, 0) is 4.74 Å². The van der Waals surface area contributed by atoms with E-state index in [1.165, 1.54) is 19.5 Å². The fourth-order valence-electron chi connectivity index (χ4n) is 2.13. The maximum absolute atomic E-state index is 5.62. The quantitative estimate of drug-likeness (QED) is 0.620. The second-order valence-corrected chi connectivity index (χ2v) is 4.01. The highest BCUT2D eigenvalue weighted by molar-refractivity contribution is 4.89. The summed E-state index contributed by atoms with van der Waals surface area (Å²) < 4.78 is 5.62. The van der Waals surface area contributed by atoms with Crippen LogP contribution in [0.1, 0.15) is 34.1 Å². The minimum Gasteiger partial charge on any atom is -0.377 e. The average molecular weight is 185 g/mol. The van der Waals surface area contributed by atoms with Crippen molar-refractivity contribution < 1.29 is 4.74 Å². The Labute approximate surface area is 82.3 Å². The molecule has 0 saturated carbocycles. The minimum atomic E-state index is 0.567. The molecular weight excluding hydrogens is 162 g/mol. The van der Waals surface area contributed by atoms with Crippen LogP contribution in [-0.4, -0.2) is 36.7 Å². The topological polar surface area (TPSA) is 12.5 Å². The van der Waals surface area contributed by atoms with E-state index in [1.54, 1.807) is 0 Å². The number of rotatable bonds is 1. The standard InChI is InChI=1S/C9H17NO.C2H6/c1-7(2)10-5-8-3-4-11-9(8)6-10;1-2/h7-9H,3-6H2,1-2H3;1-2H3. The van der Waals surface area contributed by atoms with Gasteiger partial charge in [0.15, 0.2) is 0 Å². The Morgan fingerprint density at radius 2 is 1.92 bits per heavy atom. The van der Waals surface area contributed by atoms with E-state index in [0.29, 0.717) is 12.1 Å². The molecule has 2 saturated heterocycles. The summed E-state index contributed by atoms with van der Waals surface area (Å²) in [4.78, 5) is 2.52. The Bertz CT molecular complexity index is 135. The Hall–Kier alpha value is -0.0800. The molecule has 2 heteroatoms. The lowest BCUT2D eigenvalue weighted by Crippen LogP contribution is -2.30. The van der Waals surface area contributed by atoms with Gasteiger partial charge in [-0.25, -0.2) is 0 Å². The minimum absolute atomic E-state index is 0.567. The molecule has 0 aliphatic carbocycles. The lowest BCUT2D eigenvalue weighted by molar-refractivity contribution is 0.0947. The molecule has 2 nitrogen and oxygen atoms in total. The van der Waals surface area contributed by atoms with E-state index >= 15 is 0 Å². The maximum atomic E-state index is 5.62. The summed E-state index contributed by atoms with van der Waals surface area (Å²) in [5.41, 5.74) is 0. The highest BCUT2D eigenvalue weighted by Crippen LogP contribution is 2.29. The molecular formula is C11H23NO. The fourth-order valence-corrected chi connectivity index (χ4v) is 2.13. The Kier molecular flexibility index (Phi) is 4.20. The molecule has 2 aliphatic rings. The third-order valence-electron chi connectivity index (χ3n) is 2.96. The normalized spacial score (nSPS) is 33.0. The van der Waals surface area contributed by atoms with Crippen molar-refractivity contribution in [3.05, 3.63) is 0 Å². The molecule has 2 aliphatic heterocycles. The van der Waals surface area contributed by atoms with Gasteiger partial charge in [0.05, 0.1) is 6.10 Å². The molecule has 0 N–H and O–H groups in total. The molecule has 0 aromatic rings. The number of ether oxygens (including phenoxy) is 1. The third-order valence-corrected chi connectivity index (χ3v) is 2.96. The fraction of sp³-hybridized carbons (Fsp3) is 1.00. The third kappa shape index (κ3) is 2.44. The van der Waals surface area contributed by atoms with Gasteiger partial charge in [0.1, 0.15) is 0 Å². The number of hydrogen-bond acceptors (Lipinski definition) is 2. The van der Waals surface area contributed by atoms with Gasteiger partial charge < -0.3 is 4.74 Å². The zero-order valence-corrected chi connectivity index (χ0v) is 9.42. The summed E-state index contributed by atoms with van der Waals surface area (Å²) in [7, 11) is 0. The molecule has 2 atom stereocenters. The van der Waals surface area contributed by atoms with E-state index in [4.69, 9.17) is 4.74 Å². The van der Waals surface area contributed by atoms with Gasteiger partial charge in [0.2, 0.25) is 0 Å². The molecule has 0 aromatic heterocycles. The summed E-state index contributed by atoms with van der Waals surface area (Å²) in [5.74, 6) is 0.845. The van der Waals surface area contributed by atoms with Crippen molar-refractivity contribution in [2.45, 2.75) is 46.3 Å². The van der Waals surface area contributed by atoms with E-state index in [9.17, 15) is 0 Å². The van der Waals surface area contributed by atoms with Crippen molar-refractivity contribution in [1.29, 1.82) is 0 Å². The van der Waals surface area contributed by atoms with Crippen molar-refractivity contribution in [2.75, 3.05) is 19.7 Å². The Morgan fingerprint density at radius 1 is 1.23 bits per heavy atom. The molecule has 0 bridgehead atoms. The van der Waals surface area contributed by atoms with Crippen LogP contribution in [0.2, 0.25) is 0 Å². The van der Waals surface area contributed by atoms with Crippen LogP contribution in [0.5, 0.6) is 0 Å². The SMILES string of the molecule is CC.CC(C)N1CC2CCOC2C1. The van der Waals surface area contributed by atoms with E-state index in [0.717, 1.165) is 12.5 Å². The molecule has 0 spiro atoms. The van der Waals surface area contributed by atoms with Crippen LogP contribution < -0.4 is 0 Å². The van der Waals surface area contributed by atoms with Gasteiger partial charge in [0, 0.05) is 31.7 Å². The molecule has 0 aromatic carbocycles. The van der Waals surface area contributed by atoms with E-state index < -0.39 is 0 Å². The van der Waals surface area contributed by atoms with Gasteiger partial charge in [-0.1, -0.05) is 13.8 Å². The second kappa shape index (κ2) is 4.97. The van der Waals surface area contributed by atoms with Crippen molar-refractivity contribution in [3.8, 4) is 0 Å². The zero-order chi connectivity index (χ0) is 9.84. The van der Waals surface area contributed by atoms with Gasteiger partial charge in [-0.05, 0) is 20.3 Å². The molecule has 2 rings (SSSR count). The first kappa shape index (κ1) is 11.0. The Morgan fingerprint density at radius 3 is 2.46 bits per heavy atom. The molecule has 2 unspecified atom stereocenters. The highest BCUT2D eigenvalue weighted by atomic mass is 16.5. The van der Waals surface area contributed by atoms with E-state index in [1.807, 2.05) is 13.8 Å². The van der Waals surface area contributed by atoms with Gasteiger partial charge in [-0.3, -0.25) is 4.90 Å². The van der Waals surface area contributed by atoms with Crippen molar-refractivity contribution in [2.24, 2.45) is 5.92 Å². The lowest BCUT2D eigenvalue weighted by atomic mass is 10.1. The summed E-state index contributed by atoms with van der Waals surface area (Å²) in [5, 5.41) is 0. The van der Waals surface area contributed by atoms with E-state index in [-0.39, 0.29) is 0 Å². The number of likely N-dealkylation sites (tertiary alicyclic amines) is 1. The van der Waals surface area contributed by atoms with Crippen molar-refractivity contribution >= 4 is 0 Å². The molecule has 78 valence electrons. The van der Waals surface area contributed by atoms with Crippen LogP contribution in [0.25, 0.3) is 0 Å². The molecule has 2 fully saturated rings. The smallest absolute Gasteiger partial charge is 0.0743 e. The molecule has 2 heterocycles. The predicted molar refractivity (Wildman–Crippen MR) is 55.9 cm³/mol. The van der Waals surface area contributed by atoms with Gasteiger partial charge in [-0.15, -0.1) is 0 Å². The molecule has 13 heavy (non-hydrogen) atoms. The largest absolute Gasteiger partial charge is 0.377 e. The van der Waals surface area contributed by atoms with Gasteiger partial charge in [-0.2, -0.15) is 0 Å². The van der Waals surface area contributed by atoms with Crippen molar-refractivity contribution in [1.82, 2.24) is 4.90 Å². The highest BCUT2D eigenvalue weighted by Gasteiger charge is 2.37. The summed E-state index contributed by atoms with van der Waals surface area (Å²) in [6.45, 7) is 12.0. The second-order valence-electron chi connectivity index (χ2n) is 4.01. The Balaban J connectivity index is 0.000000396. The number of hydrogen-bond donors (Lipinski definition) is 0. The van der Waals surface area contributed by atoms with Crippen molar-refractivity contribution in [3.63, 3.8) is 0 Å². The van der Waals surface area contributed by atoms with Gasteiger partial charge >= 0.3 is 0 Å². The van der Waals surface area contributed by atoms with Crippen LogP contribution in [0.15, 0.2) is 0 Å². The molecule has 0 radical (unpaired) electrons. The summed E-state index contributed by atoms with van der Waals surface area (Å²) in [6.07, 6.45) is 1.85. The zero-order valence-electron chi connectivity index (χ0n) is 9.42. The van der Waals surface area contributed by atoms with Gasteiger partial charge in [0.25, 0.3) is 0 Å². The first-order chi connectivity index (χ1) is 6.27. The summed E-state index contributed by atoms with van der Waals surface area (Å²) >= 11 is 0. The average Bonchev–Trinajstić information content (AvgIpc) is 2.65. The van der Waals surface area contributed by atoms with Crippen LogP contribution in [0.3, 0.4) is 0 Å². The first-order valence-corrected chi connectivity index (χ1v) is 5.63. The summed E-state index contributed by atoms with van der Waals surface area (Å²) in [6, 6.07) is 0.698. The van der Waals surface area contributed by atoms with E-state index in [2.05, 4.69) is 18.7 Å². The number of nitrogens with zero attached hydrogens (tertiary/aromatic N) is 1. The predicted octanol–water partition coefficient (Wildman–Crippen LogP) is 2.14. The molecule has 0 amide bonds. The lowest BCUT2D eigenvalue weighted by Gasteiger charge is -2.20. The monoisotopic (exact) mass is 185 g/mol. The first-order valence-electron chi connectivity index (χ1n) is 5.63. The van der Waals surface area contributed by atoms with Crippen LogP contribution in [0.4, 0.5) is 0 Å².